The Morgan fingerprint density at radius 2 is 1.76 bits per heavy atom. The summed E-state index contributed by atoms with van der Waals surface area (Å²) in [5.41, 5.74) is -1.04. The normalized spacial score (nSPS) is 11.8. The average molecular weight is 248 g/mol. The number of hydrogen-bond acceptors (Lipinski definition) is 0. The molecule has 4 heteroatoms. The Morgan fingerprint density at radius 3 is 2.35 bits per heavy atom. The molecule has 0 bridgehead atoms. The van der Waals surface area contributed by atoms with E-state index in [1.165, 1.54) is 0 Å². The first-order valence-electron chi connectivity index (χ1n) is 5.81. The molecule has 0 saturated carbocycles. The van der Waals surface area contributed by atoms with Gasteiger partial charge < -0.3 is 0 Å². The third-order valence-corrected chi connectivity index (χ3v) is 2.70. The first-order chi connectivity index (χ1) is 7.96. The summed E-state index contributed by atoms with van der Waals surface area (Å²) in [6, 6.07) is 3.14. The fourth-order valence-corrected chi connectivity index (χ4v) is 1.81. The summed E-state index contributed by atoms with van der Waals surface area (Å²) in [6.45, 7) is 2.02. The van der Waals surface area contributed by atoms with Crippen LogP contribution >= 0.6 is 0 Å². The molecule has 0 spiro atoms. The zero-order chi connectivity index (χ0) is 12.9. The molecule has 0 saturated heterocycles. The second kappa shape index (κ2) is 6.03. The van der Waals surface area contributed by atoms with Crippen molar-refractivity contribution in [2.24, 2.45) is 0 Å². The Balaban J connectivity index is 2.81. The number of hydrogen-bond donors (Lipinski definition) is 0. The smallest absolute Gasteiger partial charge is 0.207 e. The molecule has 0 aliphatic rings. The van der Waals surface area contributed by atoms with E-state index in [9.17, 15) is 17.6 Å². The van der Waals surface area contributed by atoms with E-state index >= 15 is 0 Å². The molecule has 0 N–H and O–H groups in total. The van der Waals surface area contributed by atoms with Gasteiger partial charge in [-0.25, -0.2) is 4.39 Å². The zero-order valence-corrected chi connectivity index (χ0v) is 9.78. The van der Waals surface area contributed by atoms with Crippen LogP contribution in [0, 0.1) is 5.82 Å². The van der Waals surface area contributed by atoms with Crippen molar-refractivity contribution < 1.29 is 17.6 Å². The van der Waals surface area contributed by atoms with Gasteiger partial charge in [0.25, 0.3) is 0 Å². The van der Waals surface area contributed by atoms with Crippen LogP contribution in [0.25, 0.3) is 0 Å². The van der Waals surface area contributed by atoms with Gasteiger partial charge in [0.05, 0.1) is 5.56 Å². The van der Waals surface area contributed by atoms with Gasteiger partial charge in [-0.2, -0.15) is 13.2 Å². The molecular formula is C13H16F4. The lowest BCUT2D eigenvalue weighted by molar-refractivity contribution is -0.138. The number of halogens is 4. The molecule has 0 nitrogen and oxygen atoms in total. The van der Waals surface area contributed by atoms with Crippen LogP contribution in [-0.2, 0) is 12.6 Å². The van der Waals surface area contributed by atoms with Crippen molar-refractivity contribution in [1.29, 1.82) is 0 Å². The van der Waals surface area contributed by atoms with Crippen molar-refractivity contribution in [2.45, 2.75) is 45.2 Å². The van der Waals surface area contributed by atoms with E-state index in [4.69, 9.17) is 0 Å². The molecular weight excluding hydrogens is 232 g/mol. The van der Waals surface area contributed by atoms with Crippen molar-refractivity contribution in [3.63, 3.8) is 0 Å². The number of benzene rings is 1. The minimum absolute atomic E-state index is 0.154. The van der Waals surface area contributed by atoms with E-state index in [0.717, 1.165) is 37.5 Å². The van der Waals surface area contributed by atoms with E-state index in [-0.39, 0.29) is 12.0 Å². The highest BCUT2D eigenvalue weighted by Gasteiger charge is 2.33. The molecule has 0 aromatic heterocycles. The van der Waals surface area contributed by atoms with E-state index < -0.39 is 17.6 Å². The highest BCUT2D eigenvalue weighted by molar-refractivity contribution is 5.31. The van der Waals surface area contributed by atoms with Gasteiger partial charge in [-0.15, -0.1) is 0 Å². The van der Waals surface area contributed by atoms with Crippen LogP contribution in [0.2, 0.25) is 0 Å². The van der Waals surface area contributed by atoms with Gasteiger partial charge in [0.2, 0.25) is 0 Å². The number of unbranched alkanes of at least 4 members (excludes halogenated alkanes) is 3. The van der Waals surface area contributed by atoms with Gasteiger partial charge in [0, 0.05) is 0 Å². The summed E-state index contributed by atoms with van der Waals surface area (Å²) in [5, 5.41) is 0. The molecule has 0 atom stereocenters. The summed E-state index contributed by atoms with van der Waals surface area (Å²) < 4.78 is 51.3. The molecule has 1 rings (SSSR count). The molecule has 1 aromatic rings. The molecule has 1 aromatic carbocycles. The Hall–Kier alpha value is -1.06. The SMILES string of the molecule is CCCCCCc1c(F)cccc1C(F)(F)F. The second-order valence-corrected chi connectivity index (χ2v) is 4.07. The molecule has 0 fully saturated rings. The van der Waals surface area contributed by atoms with Crippen LogP contribution in [0.15, 0.2) is 18.2 Å². The van der Waals surface area contributed by atoms with Gasteiger partial charge >= 0.3 is 6.18 Å². The van der Waals surface area contributed by atoms with Gasteiger partial charge in [0.15, 0.2) is 0 Å². The van der Waals surface area contributed by atoms with Crippen LogP contribution in [0.4, 0.5) is 17.6 Å². The van der Waals surface area contributed by atoms with Crippen molar-refractivity contribution in [1.82, 2.24) is 0 Å². The highest BCUT2D eigenvalue weighted by Crippen LogP contribution is 2.33. The highest BCUT2D eigenvalue weighted by atomic mass is 19.4. The molecule has 0 heterocycles. The Bertz CT molecular complexity index is 355. The largest absolute Gasteiger partial charge is 0.416 e. The van der Waals surface area contributed by atoms with Gasteiger partial charge in [-0.3, -0.25) is 0 Å². The van der Waals surface area contributed by atoms with Crippen molar-refractivity contribution in [3.8, 4) is 0 Å². The summed E-state index contributed by atoms with van der Waals surface area (Å²) >= 11 is 0. The Kier molecular flexibility index (Phi) is 4.97. The van der Waals surface area contributed by atoms with Crippen molar-refractivity contribution in [3.05, 3.63) is 35.1 Å². The standard InChI is InChI=1S/C13H16F4/c1-2-3-4-5-7-10-11(13(15,16)17)8-6-9-12(10)14/h6,8-9H,2-5,7H2,1H3. The lowest BCUT2D eigenvalue weighted by Crippen LogP contribution is -2.10. The third-order valence-electron chi connectivity index (χ3n) is 2.70. The van der Waals surface area contributed by atoms with Crippen molar-refractivity contribution in [2.75, 3.05) is 0 Å². The summed E-state index contributed by atoms with van der Waals surface area (Å²) in [4.78, 5) is 0. The minimum Gasteiger partial charge on any atom is -0.207 e. The maximum absolute atomic E-state index is 13.4. The van der Waals surface area contributed by atoms with Gasteiger partial charge in [-0.1, -0.05) is 32.3 Å². The van der Waals surface area contributed by atoms with Crippen LogP contribution in [0.1, 0.15) is 43.7 Å². The van der Waals surface area contributed by atoms with Crippen LogP contribution in [-0.4, -0.2) is 0 Å². The topological polar surface area (TPSA) is 0 Å². The van der Waals surface area contributed by atoms with E-state index in [1.54, 1.807) is 0 Å². The molecule has 0 aliphatic carbocycles. The monoisotopic (exact) mass is 248 g/mol. The fourth-order valence-electron chi connectivity index (χ4n) is 1.81. The first kappa shape index (κ1) is 14.0. The summed E-state index contributed by atoms with van der Waals surface area (Å²) in [5.74, 6) is -0.753. The lowest BCUT2D eigenvalue weighted by atomic mass is 10.00. The third kappa shape index (κ3) is 4.02. The second-order valence-electron chi connectivity index (χ2n) is 4.07. The van der Waals surface area contributed by atoms with E-state index in [2.05, 4.69) is 0 Å². The maximum atomic E-state index is 13.4. The summed E-state index contributed by atoms with van der Waals surface area (Å²) in [7, 11) is 0. The van der Waals surface area contributed by atoms with Crippen molar-refractivity contribution >= 4 is 0 Å². The maximum Gasteiger partial charge on any atom is 0.416 e. The predicted molar refractivity (Wildman–Crippen MR) is 59.2 cm³/mol. The molecule has 0 radical (unpaired) electrons. The summed E-state index contributed by atoms with van der Waals surface area (Å²) in [6.07, 6.45) is -0.914. The number of alkyl halides is 3. The van der Waals surface area contributed by atoms with Gasteiger partial charge in [-0.05, 0) is 30.5 Å². The van der Waals surface area contributed by atoms with Crippen LogP contribution in [0.5, 0.6) is 0 Å². The van der Waals surface area contributed by atoms with Crippen LogP contribution < -0.4 is 0 Å². The Labute approximate surface area is 98.6 Å². The molecule has 0 aliphatic heterocycles. The first-order valence-corrected chi connectivity index (χ1v) is 5.81. The number of rotatable bonds is 5. The van der Waals surface area contributed by atoms with Crippen LogP contribution in [0.3, 0.4) is 0 Å². The molecule has 0 amide bonds. The molecule has 17 heavy (non-hydrogen) atoms. The van der Waals surface area contributed by atoms with Gasteiger partial charge in [0.1, 0.15) is 5.82 Å². The average Bonchev–Trinajstić information content (AvgIpc) is 2.24. The Morgan fingerprint density at radius 1 is 1.06 bits per heavy atom. The van der Waals surface area contributed by atoms with E-state index in [0.29, 0.717) is 6.42 Å². The molecule has 0 unspecified atom stereocenters. The lowest BCUT2D eigenvalue weighted by Gasteiger charge is -2.13. The minimum atomic E-state index is -4.47. The predicted octanol–water partition coefficient (Wildman–Crippen LogP) is 4.97. The molecule has 96 valence electrons. The zero-order valence-electron chi connectivity index (χ0n) is 9.78. The quantitative estimate of drug-likeness (QED) is 0.510. The van der Waals surface area contributed by atoms with E-state index in [1.807, 2.05) is 6.92 Å². The fraction of sp³-hybridized carbons (Fsp3) is 0.538.